The molecule has 1 saturated heterocycles. The minimum absolute atomic E-state index is 0.0431. The van der Waals surface area contributed by atoms with Crippen LogP contribution in [0.3, 0.4) is 0 Å². The number of amides is 5. The Balaban J connectivity index is 0.647. The summed E-state index contributed by atoms with van der Waals surface area (Å²) in [7, 11) is 0. The number of fused-ring (bicyclic) bond motifs is 1. The number of carbonyl (C=O) groups is 5. The maximum atomic E-state index is 14.8. The van der Waals surface area contributed by atoms with Gasteiger partial charge in [-0.05, 0) is 116 Å². The van der Waals surface area contributed by atoms with Gasteiger partial charge in [0.15, 0.2) is 5.67 Å². The third-order valence-electron chi connectivity index (χ3n) is 18.3. The van der Waals surface area contributed by atoms with Crippen LogP contribution in [0.5, 0.6) is 0 Å². The molecule has 3 aliphatic rings. The van der Waals surface area contributed by atoms with Gasteiger partial charge in [-0.25, -0.2) is 14.4 Å². The molecule has 4 atom stereocenters. The van der Waals surface area contributed by atoms with Crippen molar-refractivity contribution in [1.29, 1.82) is 5.41 Å². The molecule has 4 heterocycles. The number of rotatable bonds is 27. The molecule has 7 N–H and O–H groups in total. The Labute approximate surface area is 548 Å². The van der Waals surface area contributed by atoms with E-state index in [1.165, 1.54) is 16.2 Å². The van der Waals surface area contributed by atoms with E-state index in [2.05, 4.69) is 79.1 Å². The number of aryl methyl sites for hydroxylation is 1. The molecule has 4 aromatic carbocycles. The number of alkyl halides is 1. The summed E-state index contributed by atoms with van der Waals surface area (Å²) in [6.45, 7) is 8.64. The van der Waals surface area contributed by atoms with Gasteiger partial charge < -0.3 is 45.5 Å². The molecule has 0 spiro atoms. The molecule has 3 fully saturated rings. The van der Waals surface area contributed by atoms with Gasteiger partial charge in [-0.1, -0.05) is 155 Å². The van der Waals surface area contributed by atoms with Crippen molar-refractivity contribution in [3.8, 4) is 44.7 Å². The van der Waals surface area contributed by atoms with Gasteiger partial charge in [0.05, 0.1) is 58.2 Å². The van der Waals surface area contributed by atoms with Crippen LogP contribution in [0, 0.1) is 29.6 Å². The number of thiazole rings is 1. The smallest absolute Gasteiger partial charge is 0.258 e. The van der Waals surface area contributed by atoms with Crippen LogP contribution in [-0.4, -0.2) is 113 Å². The summed E-state index contributed by atoms with van der Waals surface area (Å²) in [5.41, 5.74) is 8.64. The molecular formula is C74H89FN10O7S. The van der Waals surface area contributed by atoms with E-state index >= 15 is 0 Å². The van der Waals surface area contributed by atoms with Gasteiger partial charge in [0.1, 0.15) is 23.2 Å². The normalized spacial score (nSPS) is 18.2. The summed E-state index contributed by atoms with van der Waals surface area (Å²) in [5, 5.41) is 43.3. The zero-order valence-corrected chi connectivity index (χ0v) is 54.8. The number of aliphatic hydroxyl groups excluding tert-OH is 2. The van der Waals surface area contributed by atoms with E-state index in [-0.39, 0.29) is 56.2 Å². The van der Waals surface area contributed by atoms with Crippen molar-refractivity contribution < 1.29 is 38.6 Å². The first-order valence-corrected chi connectivity index (χ1v) is 34.1. The zero-order valence-electron chi connectivity index (χ0n) is 54.0. The fraction of sp³-hybridized carbons (Fsp3) is 0.459. The Bertz CT molecular complexity index is 3860. The van der Waals surface area contributed by atoms with Gasteiger partial charge in [-0.2, -0.15) is 0 Å². The summed E-state index contributed by atoms with van der Waals surface area (Å²) >= 11 is 1.52. The highest BCUT2D eigenvalue weighted by molar-refractivity contribution is 7.13. The van der Waals surface area contributed by atoms with Gasteiger partial charge in [-0.15, -0.1) is 11.3 Å². The second kappa shape index (κ2) is 31.1. The molecule has 19 heteroatoms. The number of likely N-dealkylation sites (tertiary alicyclic amines) is 1. The molecule has 490 valence electrons. The molecule has 1 unspecified atom stereocenters. The molecule has 5 amide bonds. The Morgan fingerprint density at radius 3 is 2.09 bits per heavy atom. The Morgan fingerprint density at radius 1 is 0.763 bits per heavy atom. The molecule has 7 aromatic rings. The number of halogens is 1. The van der Waals surface area contributed by atoms with Gasteiger partial charge in [-0.3, -0.25) is 29.4 Å². The number of benzene rings is 4. The first kappa shape index (κ1) is 67.6. The van der Waals surface area contributed by atoms with Crippen molar-refractivity contribution in [2.45, 2.75) is 192 Å². The van der Waals surface area contributed by atoms with Crippen molar-refractivity contribution in [1.82, 2.24) is 45.3 Å². The first-order chi connectivity index (χ1) is 44.8. The van der Waals surface area contributed by atoms with Crippen LogP contribution in [0.2, 0.25) is 0 Å². The molecule has 3 aromatic heterocycles. The van der Waals surface area contributed by atoms with E-state index in [4.69, 9.17) is 4.98 Å². The predicted molar refractivity (Wildman–Crippen MR) is 361 cm³/mol. The molecular weight excluding hydrogens is 1190 g/mol. The van der Waals surface area contributed by atoms with E-state index in [0.717, 1.165) is 125 Å². The van der Waals surface area contributed by atoms with Crippen LogP contribution >= 0.6 is 11.3 Å². The third-order valence-corrected chi connectivity index (χ3v) is 19.3. The van der Waals surface area contributed by atoms with Crippen LogP contribution in [0.15, 0.2) is 121 Å². The Hall–Kier alpha value is -8.31. The number of unbranched alkanes of at least 4 members (excludes halogenated alkanes) is 7. The van der Waals surface area contributed by atoms with Crippen LogP contribution in [0.1, 0.15) is 171 Å². The standard InChI is InChI=1S/C74H89FN10O7S/c1-49-66(93-48-80-49)55-32-30-52(31-33-55)59(81-70(90)60-43-58(87)46-83(60)71(91)67(73(2,3)4)82-72(92)74(75)38-39-74)44-62(89)78-41-20-10-6-5-9-19-40-77-61(88)29-18-8-7-13-22-50-23-21-24-51(42-50)45-84-65(54-27-16-12-17-28-54)63(53-25-14-11-15-26-53)64-68(76)85(47-79-69(64)84)56-34-36-57(86)37-35-56/h11-12,14-17,21,23-28,30-33,42,47-48,56-60,67,76,86-87H,5-10,18-20,29,34-41,43-46H2,1-4H3,(H,77,88)(H,78,89)(H,81,90)(H,82,92)/t56?,57?,58-,59+,60+,67?/m1/s1. The number of nitrogens with zero attached hydrogens (tertiary/aromatic N) is 5. The molecule has 1 aliphatic heterocycles. The van der Waals surface area contributed by atoms with Gasteiger partial charge >= 0.3 is 0 Å². The average Bonchev–Trinajstić information content (AvgIpc) is 1.60. The summed E-state index contributed by atoms with van der Waals surface area (Å²) in [6, 6.07) is 33.6. The number of aromatic nitrogens is 4. The maximum absolute atomic E-state index is 14.8. The number of hydrogen-bond donors (Lipinski definition) is 7. The summed E-state index contributed by atoms with van der Waals surface area (Å²) in [6.07, 6.45) is 11.8. The molecule has 10 rings (SSSR count). The van der Waals surface area contributed by atoms with Crippen molar-refractivity contribution in [2.24, 2.45) is 5.41 Å². The fourth-order valence-electron chi connectivity index (χ4n) is 12.9. The maximum Gasteiger partial charge on any atom is 0.258 e. The van der Waals surface area contributed by atoms with E-state index in [0.29, 0.717) is 56.4 Å². The van der Waals surface area contributed by atoms with Crippen molar-refractivity contribution in [2.75, 3.05) is 19.6 Å². The number of aliphatic hydroxyl groups is 2. The summed E-state index contributed by atoms with van der Waals surface area (Å²) in [5.74, 6) is 4.50. The van der Waals surface area contributed by atoms with E-state index in [9.17, 15) is 44.0 Å². The minimum Gasteiger partial charge on any atom is -0.393 e. The fourth-order valence-corrected chi connectivity index (χ4v) is 13.7. The van der Waals surface area contributed by atoms with E-state index in [1.807, 2.05) is 90.6 Å². The second-order valence-corrected chi connectivity index (χ2v) is 27.4. The van der Waals surface area contributed by atoms with E-state index < -0.39 is 53.0 Å². The van der Waals surface area contributed by atoms with Crippen LogP contribution in [-0.2, 0) is 30.5 Å². The minimum atomic E-state index is -2.01. The zero-order chi connectivity index (χ0) is 65.7. The van der Waals surface area contributed by atoms with Gasteiger partial charge in [0.2, 0.25) is 23.6 Å². The number of β-amino-alcohol motifs (C(OH)–C–C–N with tert-alkyl or cyclic N) is 1. The lowest BCUT2D eigenvalue weighted by Gasteiger charge is -2.36. The topological polar surface area (TPSA) is 237 Å². The average molecular weight is 1280 g/mol. The number of nitrogens with one attached hydrogen (secondary N) is 5. The van der Waals surface area contributed by atoms with Gasteiger partial charge in [0.25, 0.3) is 5.91 Å². The van der Waals surface area contributed by atoms with Crippen LogP contribution in [0.25, 0.3) is 43.9 Å². The van der Waals surface area contributed by atoms with E-state index in [1.54, 1.807) is 26.3 Å². The largest absolute Gasteiger partial charge is 0.393 e. The molecule has 2 aliphatic carbocycles. The quantitative estimate of drug-likeness (QED) is 0.0191. The first-order valence-electron chi connectivity index (χ1n) is 33.2. The Kier molecular flexibility index (Phi) is 22.6. The highest BCUT2D eigenvalue weighted by Crippen LogP contribution is 2.42. The highest BCUT2D eigenvalue weighted by Gasteiger charge is 2.53. The van der Waals surface area contributed by atoms with Crippen LogP contribution < -0.4 is 26.8 Å². The SMILES string of the molecule is Cc1ncsc1-c1ccc([C@H](CC(=O)NCCCCCCCCNC(=O)CCCCC#Cc2cccc(Cn3c(-c4ccccc4)c(-c4ccccc4)c4c(=N)n(C5CCC(O)CC5)cnc43)c2)NC(=O)[C@@H]2C[C@@H](O)CN2C(=O)C(NC(=O)C2(F)CC2)C(C)(C)C)cc1. The molecule has 2 saturated carbocycles. The van der Waals surface area contributed by atoms with Gasteiger partial charge in [0, 0.05) is 62.6 Å². The third kappa shape index (κ3) is 17.3. The van der Waals surface area contributed by atoms with Crippen molar-refractivity contribution >= 4 is 51.9 Å². The molecule has 0 radical (unpaired) electrons. The highest BCUT2D eigenvalue weighted by atomic mass is 32.1. The monoisotopic (exact) mass is 1280 g/mol. The van der Waals surface area contributed by atoms with Crippen LogP contribution in [0.4, 0.5) is 4.39 Å². The molecule has 93 heavy (non-hydrogen) atoms. The summed E-state index contributed by atoms with van der Waals surface area (Å²) in [4.78, 5) is 79.3. The van der Waals surface area contributed by atoms with Crippen molar-refractivity contribution in [3.63, 3.8) is 0 Å². The van der Waals surface area contributed by atoms with Crippen molar-refractivity contribution in [3.05, 3.63) is 149 Å². The lowest BCUT2D eigenvalue weighted by molar-refractivity contribution is -0.145. The lowest BCUT2D eigenvalue weighted by atomic mass is 9.85. The molecule has 17 nitrogen and oxygen atoms in total. The summed E-state index contributed by atoms with van der Waals surface area (Å²) < 4.78 is 19.0. The predicted octanol–water partition coefficient (Wildman–Crippen LogP) is 11.3. The Morgan fingerprint density at radius 2 is 1.43 bits per heavy atom. The number of hydrogen-bond acceptors (Lipinski definition) is 11. The molecule has 0 bridgehead atoms. The lowest BCUT2D eigenvalue weighted by Crippen LogP contribution is -2.59. The second-order valence-electron chi connectivity index (χ2n) is 26.5. The number of carbonyl (C=O) groups excluding carboxylic acids is 5.